The number of furan rings is 1. The SMILES string of the molecule is CCCCNC(=O)CSc1ccc(C(=O)O)o1. The molecule has 0 saturated heterocycles. The summed E-state index contributed by atoms with van der Waals surface area (Å²) in [6.07, 6.45) is 1.99. The average molecular weight is 257 g/mol. The van der Waals surface area contributed by atoms with Crippen LogP contribution in [0.25, 0.3) is 0 Å². The third-order valence-electron chi connectivity index (χ3n) is 1.99. The van der Waals surface area contributed by atoms with Crippen LogP contribution in [0.3, 0.4) is 0 Å². The summed E-state index contributed by atoms with van der Waals surface area (Å²) in [7, 11) is 0. The maximum Gasteiger partial charge on any atom is 0.371 e. The van der Waals surface area contributed by atoms with Gasteiger partial charge < -0.3 is 14.8 Å². The number of nitrogens with one attached hydrogen (secondary N) is 1. The van der Waals surface area contributed by atoms with Gasteiger partial charge in [0.2, 0.25) is 11.7 Å². The molecule has 0 aliphatic rings. The number of hydrogen-bond acceptors (Lipinski definition) is 4. The van der Waals surface area contributed by atoms with E-state index < -0.39 is 5.97 Å². The molecule has 0 fully saturated rings. The lowest BCUT2D eigenvalue weighted by Crippen LogP contribution is -2.25. The third kappa shape index (κ3) is 4.95. The highest BCUT2D eigenvalue weighted by Gasteiger charge is 2.10. The number of carbonyl (C=O) groups excluding carboxylic acids is 1. The molecule has 2 N–H and O–H groups in total. The Morgan fingerprint density at radius 2 is 2.24 bits per heavy atom. The molecule has 0 unspecified atom stereocenters. The van der Waals surface area contributed by atoms with Crippen molar-refractivity contribution in [2.45, 2.75) is 24.9 Å². The van der Waals surface area contributed by atoms with E-state index in [0.29, 0.717) is 11.6 Å². The minimum Gasteiger partial charge on any atom is -0.475 e. The highest BCUT2D eigenvalue weighted by molar-refractivity contribution is 7.99. The lowest BCUT2D eigenvalue weighted by Gasteiger charge is -2.02. The summed E-state index contributed by atoms with van der Waals surface area (Å²) in [4.78, 5) is 21.9. The van der Waals surface area contributed by atoms with Gasteiger partial charge in [-0.1, -0.05) is 25.1 Å². The average Bonchev–Trinajstić information content (AvgIpc) is 2.75. The van der Waals surface area contributed by atoms with Crippen LogP contribution in [0, 0.1) is 0 Å². The predicted octanol–water partition coefficient (Wildman–Crippen LogP) is 1.99. The van der Waals surface area contributed by atoms with E-state index in [9.17, 15) is 9.59 Å². The Bertz CT molecular complexity index is 389. The molecule has 1 aromatic rings. The number of aromatic carboxylic acids is 1. The molecule has 5 nitrogen and oxygen atoms in total. The van der Waals surface area contributed by atoms with Crippen LogP contribution in [0.2, 0.25) is 0 Å². The number of thioether (sulfide) groups is 1. The van der Waals surface area contributed by atoms with Gasteiger partial charge in [-0.15, -0.1) is 0 Å². The number of carbonyl (C=O) groups is 2. The van der Waals surface area contributed by atoms with E-state index in [-0.39, 0.29) is 17.4 Å². The van der Waals surface area contributed by atoms with E-state index in [1.54, 1.807) is 6.07 Å². The molecule has 1 amide bonds. The molecule has 17 heavy (non-hydrogen) atoms. The fourth-order valence-electron chi connectivity index (χ4n) is 1.10. The number of carboxylic acid groups (broad SMARTS) is 1. The Labute approximate surface area is 104 Å². The van der Waals surface area contributed by atoms with Crippen LogP contribution in [0.5, 0.6) is 0 Å². The Hall–Kier alpha value is -1.43. The number of amides is 1. The van der Waals surface area contributed by atoms with Crippen molar-refractivity contribution in [3.8, 4) is 0 Å². The second kappa shape index (κ2) is 7.01. The first-order valence-corrected chi connectivity index (χ1v) is 6.34. The summed E-state index contributed by atoms with van der Waals surface area (Å²) in [6, 6.07) is 2.92. The van der Waals surface area contributed by atoms with E-state index in [1.165, 1.54) is 17.8 Å². The van der Waals surface area contributed by atoms with Crippen LogP contribution in [-0.4, -0.2) is 29.3 Å². The molecule has 0 radical (unpaired) electrons. The summed E-state index contributed by atoms with van der Waals surface area (Å²) >= 11 is 1.18. The normalized spacial score (nSPS) is 10.2. The van der Waals surface area contributed by atoms with Gasteiger partial charge in [0.05, 0.1) is 5.75 Å². The van der Waals surface area contributed by atoms with Crippen molar-refractivity contribution in [3.63, 3.8) is 0 Å². The zero-order chi connectivity index (χ0) is 12.7. The maximum absolute atomic E-state index is 11.3. The highest BCUT2D eigenvalue weighted by Crippen LogP contribution is 2.20. The molecular formula is C11H15NO4S. The van der Waals surface area contributed by atoms with Gasteiger partial charge in [-0.3, -0.25) is 4.79 Å². The van der Waals surface area contributed by atoms with E-state index in [0.717, 1.165) is 12.8 Å². The molecule has 0 aliphatic carbocycles. The van der Waals surface area contributed by atoms with Gasteiger partial charge in [-0.05, 0) is 18.6 Å². The van der Waals surface area contributed by atoms with E-state index in [2.05, 4.69) is 12.2 Å². The Balaban J connectivity index is 2.29. The first kappa shape index (κ1) is 13.6. The lowest BCUT2D eigenvalue weighted by molar-refractivity contribution is -0.118. The predicted molar refractivity (Wildman–Crippen MR) is 64.3 cm³/mol. The molecule has 1 heterocycles. The van der Waals surface area contributed by atoms with Crippen LogP contribution in [0.4, 0.5) is 0 Å². The van der Waals surface area contributed by atoms with Crippen LogP contribution < -0.4 is 5.32 Å². The van der Waals surface area contributed by atoms with Crippen molar-refractivity contribution in [1.29, 1.82) is 0 Å². The minimum absolute atomic E-state index is 0.0725. The summed E-state index contributed by atoms with van der Waals surface area (Å²) in [5, 5.41) is 11.8. The molecule has 94 valence electrons. The third-order valence-corrected chi connectivity index (χ3v) is 2.90. The molecule has 0 spiro atoms. The smallest absolute Gasteiger partial charge is 0.371 e. The van der Waals surface area contributed by atoms with Gasteiger partial charge in [0, 0.05) is 6.54 Å². The summed E-state index contributed by atoms with van der Waals surface area (Å²) in [5.74, 6) is -1.06. The van der Waals surface area contributed by atoms with Crippen LogP contribution in [-0.2, 0) is 4.79 Å². The maximum atomic E-state index is 11.3. The van der Waals surface area contributed by atoms with Crippen molar-refractivity contribution in [2.75, 3.05) is 12.3 Å². The quantitative estimate of drug-likeness (QED) is 0.577. The van der Waals surface area contributed by atoms with Crippen LogP contribution in [0.15, 0.2) is 21.6 Å². The summed E-state index contributed by atoms with van der Waals surface area (Å²) in [6.45, 7) is 2.73. The lowest BCUT2D eigenvalue weighted by atomic mass is 10.3. The molecule has 6 heteroatoms. The van der Waals surface area contributed by atoms with E-state index in [1.807, 2.05) is 0 Å². The molecule has 0 atom stereocenters. The summed E-state index contributed by atoms with van der Waals surface area (Å²) < 4.78 is 5.00. The summed E-state index contributed by atoms with van der Waals surface area (Å²) in [5.41, 5.74) is 0. The van der Waals surface area contributed by atoms with Gasteiger partial charge in [0.25, 0.3) is 0 Å². The van der Waals surface area contributed by atoms with Crippen LogP contribution in [0.1, 0.15) is 30.3 Å². The monoisotopic (exact) mass is 257 g/mol. The number of rotatable bonds is 7. The van der Waals surface area contributed by atoms with Crippen molar-refractivity contribution in [1.82, 2.24) is 5.32 Å². The molecule has 0 aliphatic heterocycles. The molecular weight excluding hydrogens is 242 g/mol. The molecule has 0 saturated carbocycles. The first-order chi connectivity index (χ1) is 8.13. The van der Waals surface area contributed by atoms with Crippen molar-refractivity contribution in [3.05, 3.63) is 17.9 Å². The van der Waals surface area contributed by atoms with E-state index in [4.69, 9.17) is 9.52 Å². The second-order valence-corrected chi connectivity index (χ2v) is 4.40. The molecule has 1 aromatic heterocycles. The first-order valence-electron chi connectivity index (χ1n) is 5.36. The standard InChI is InChI=1S/C11H15NO4S/c1-2-3-6-12-9(13)7-17-10-5-4-8(16-10)11(14)15/h4-5H,2-3,6-7H2,1H3,(H,12,13)(H,14,15). The highest BCUT2D eigenvalue weighted by atomic mass is 32.2. The Kier molecular flexibility index (Phi) is 5.62. The largest absolute Gasteiger partial charge is 0.475 e. The van der Waals surface area contributed by atoms with Gasteiger partial charge in [-0.2, -0.15) is 0 Å². The topological polar surface area (TPSA) is 79.5 Å². The van der Waals surface area contributed by atoms with Gasteiger partial charge >= 0.3 is 5.97 Å². The zero-order valence-electron chi connectivity index (χ0n) is 9.56. The fraction of sp³-hybridized carbons (Fsp3) is 0.455. The Morgan fingerprint density at radius 1 is 1.47 bits per heavy atom. The van der Waals surface area contributed by atoms with Gasteiger partial charge in [0.1, 0.15) is 0 Å². The molecule has 0 bridgehead atoms. The number of unbranched alkanes of at least 4 members (excludes halogenated alkanes) is 1. The number of carboxylic acids is 1. The minimum atomic E-state index is -1.11. The van der Waals surface area contributed by atoms with Gasteiger partial charge in [-0.25, -0.2) is 4.79 Å². The molecule has 1 rings (SSSR count). The molecule has 0 aromatic carbocycles. The van der Waals surface area contributed by atoms with Crippen molar-refractivity contribution in [2.24, 2.45) is 0 Å². The van der Waals surface area contributed by atoms with E-state index >= 15 is 0 Å². The number of hydrogen-bond donors (Lipinski definition) is 2. The van der Waals surface area contributed by atoms with Crippen LogP contribution >= 0.6 is 11.8 Å². The van der Waals surface area contributed by atoms with Crippen molar-refractivity contribution < 1.29 is 19.1 Å². The Morgan fingerprint density at radius 3 is 2.82 bits per heavy atom. The fourth-order valence-corrected chi connectivity index (χ4v) is 1.79. The van der Waals surface area contributed by atoms with Crippen molar-refractivity contribution >= 4 is 23.6 Å². The second-order valence-electron chi connectivity index (χ2n) is 3.42. The zero-order valence-corrected chi connectivity index (χ0v) is 10.4. The van der Waals surface area contributed by atoms with Gasteiger partial charge in [0.15, 0.2) is 5.09 Å².